The van der Waals surface area contributed by atoms with E-state index in [1.165, 1.54) is 6.08 Å². The standard InChI is InChI=1S/C9H11Cl2N3O3/c1-6(2)9(15)16-3-4-17-14-12-7(10)5-8(11)13-14/h5,12H,1,3-4H2,2H3. The summed E-state index contributed by atoms with van der Waals surface area (Å²) in [6.45, 7) is 5.17. The molecule has 0 unspecified atom stereocenters. The molecule has 1 heterocycles. The summed E-state index contributed by atoms with van der Waals surface area (Å²) in [4.78, 5) is 16.1. The van der Waals surface area contributed by atoms with Crippen LogP contribution in [0.25, 0.3) is 0 Å². The molecule has 0 spiro atoms. The molecule has 8 heteroatoms. The van der Waals surface area contributed by atoms with Crippen molar-refractivity contribution in [3.8, 4) is 0 Å². The second-order valence-electron chi connectivity index (χ2n) is 3.05. The molecule has 0 aromatic heterocycles. The van der Waals surface area contributed by atoms with Crippen LogP contribution < -0.4 is 5.43 Å². The van der Waals surface area contributed by atoms with Crippen molar-refractivity contribution in [1.82, 2.24) is 10.7 Å². The molecule has 0 saturated carbocycles. The van der Waals surface area contributed by atoms with E-state index in [1.54, 1.807) is 6.92 Å². The Hall–Kier alpha value is -1.24. The Morgan fingerprint density at radius 2 is 2.29 bits per heavy atom. The highest BCUT2D eigenvalue weighted by molar-refractivity contribution is 6.69. The summed E-state index contributed by atoms with van der Waals surface area (Å²) in [6.07, 6.45) is 1.42. The van der Waals surface area contributed by atoms with Crippen LogP contribution in [0.1, 0.15) is 6.92 Å². The third-order valence-electron chi connectivity index (χ3n) is 1.51. The molecule has 0 bridgehead atoms. The summed E-state index contributed by atoms with van der Waals surface area (Å²) in [5, 5.41) is 5.17. The number of esters is 1. The molecule has 0 atom stereocenters. The largest absolute Gasteiger partial charge is 0.460 e. The van der Waals surface area contributed by atoms with E-state index in [0.717, 1.165) is 5.28 Å². The lowest BCUT2D eigenvalue weighted by molar-refractivity contribution is -0.197. The van der Waals surface area contributed by atoms with Crippen LogP contribution in [0, 0.1) is 0 Å². The number of ether oxygens (including phenoxy) is 1. The average Bonchev–Trinajstić information content (AvgIpc) is 2.22. The molecule has 1 aliphatic heterocycles. The van der Waals surface area contributed by atoms with Crippen LogP contribution in [0.2, 0.25) is 0 Å². The molecule has 0 radical (unpaired) electrons. The van der Waals surface area contributed by atoms with Crippen molar-refractivity contribution in [2.45, 2.75) is 6.92 Å². The Kier molecular flexibility index (Phi) is 5.27. The van der Waals surface area contributed by atoms with Gasteiger partial charge in [0.1, 0.15) is 18.4 Å². The summed E-state index contributed by atoms with van der Waals surface area (Å²) < 4.78 is 4.80. The van der Waals surface area contributed by atoms with Crippen molar-refractivity contribution in [2.24, 2.45) is 5.10 Å². The van der Waals surface area contributed by atoms with Crippen molar-refractivity contribution < 1.29 is 14.4 Å². The first kappa shape index (κ1) is 13.8. The normalized spacial score (nSPS) is 14.6. The number of carbonyl (C=O) groups is 1. The predicted molar refractivity (Wildman–Crippen MR) is 63.9 cm³/mol. The summed E-state index contributed by atoms with van der Waals surface area (Å²) in [6, 6.07) is 0. The van der Waals surface area contributed by atoms with E-state index in [2.05, 4.69) is 17.1 Å². The lowest BCUT2D eigenvalue weighted by Gasteiger charge is -2.21. The fourth-order valence-corrected chi connectivity index (χ4v) is 1.22. The zero-order valence-corrected chi connectivity index (χ0v) is 10.6. The number of carbonyl (C=O) groups excluding carboxylic acids is 1. The lowest BCUT2D eigenvalue weighted by atomic mass is 10.4. The molecule has 17 heavy (non-hydrogen) atoms. The zero-order chi connectivity index (χ0) is 12.8. The van der Waals surface area contributed by atoms with Gasteiger partial charge >= 0.3 is 5.97 Å². The van der Waals surface area contributed by atoms with Crippen LogP contribution >= 0.6 is 23.2 Å². The molecule has 6 nitrogen and oxygen atoms in total. The van der Waals surface area contributed by atoms with Gasteiger partial charge in [-0.05, 0) is 6.92 Å². The van der Waals surface area contributed by atoms with Crippen LogP contribution in [-0.2, 0) is 14.4 Å². The molecular formula is C9H11Cl2N3O3. The number of hydrogen-bond acceptors (Lipinski definition) is 6. The molecule has 0 aromatic carbocycles. The minimum absolute atomic E-state index is 0.0678. The van der Waals surface area contributed by atoms with Crippen molar-refractivity contribution in [3.05, 3.63) is 23.4 Å². The van der Waals surface area contributed by atoms with E-state index in [9.17, 15) is 4.79 Å². The van der Waals surface area contributed by atoms with Crippen LogP contribution in [-0.4, -0.2) is 29.6 Å². The molecule has 0 amide bonds. The van der Waals surface area contributed by atoms with Gasteiger partial charge in [0.15, 0.2) is 5.17 Å². The van der Waals surface area contributed by atoms with E-state index < -0.39 is 5.97 Å². The molecule has 0 aliphatic carbocycles. The second kappa shape index (κ2) is 6.48. The average molecular weight is 280 g/mol. The van der Waals surface area contributed by atoms with Gasteiger partial charge in [0.25, 0.3) is 0 Å². The minimum atomic E-state index is -0.473. The third kappa shape index (κ3) is 5.08. The van der Waals surface area contributed by atoms with E-state index in [0.29, 0.717) is 5.57 Å². The maximum Gasteiger partial charge on any atom is 0.333 e. The number of rotatable bonds is 5. The summed E-state index contributed by atoms with van der Waals surface area (Å²) in [7, 11) is 0. The van der Waals surface area contributed by atoms with Gasteiger partial charge < -0.3 is 4.74 Å². The Balaban J connectivity index is 2.22. The van der Waals surface area contributed by atoms with Gasteiger partial charge in [-0.15, -0.1) is 5.10 Å². The molecule has 94 valence electrons. The van der Waals surface area contributed by atoms with E-state index in [-0.39, 0.29) is 23.5 Å². The first-order valence-corrected chi connectivity index (χ1v) is 5.38. The number of nitrogens with one attached hydrogen (secondary N) is 1. The quantitative estimate of drug-likeness (QED) is 0.358. The number of halogens is 2. The topological polar surface area (TPSA) is 63.2 Å². The van der Waals surface area contributed by atoms with Gasteiger partial charge in [-0.3, -0.25) is 0 Å². The van der Waals surface area contributed by atoms with E-state index in [1.807, 2.05) is 0 Å². The number of allylic oxidation sites excluding steroid dienone is 1. The lowest BCUT2D eigenvalue weighted by Crippen LogP contribution is -2.35. The van der Waals surface area contributed by atoms with Gasteiger partial charge in [-0.2, -0.15) is 0 Å². The number of nitrogens with zero attached hydrogens (tertiary/aromatic N) is 2. The zero-order valence-electron chi connectivity index (χ0n) is 9.07. The first-order chi connectivity index (χ1) is 7.99. The van der Waals surface area contributed by atoms with Crippen LogP contribution in [0.3, 0.4) is 0 Å². The summed E-state index contributed by atoms with van der Waals surface area (Å²) in [5.74, 6) is -0.473. The summed E-state index contributed by atoms with van der Waals surface area (Å²) >= 11 is 11.3. The molecule has 1 N–H and O–H groups in total. The third-order valence-corrected chi connectivity index (χ3v) is 1.89. The highest BCUT2D eigenvalue weighted by Gasteiger charge is 2.11. The molecule has 1 aliphatic rings. The van der Waals surface area contributed by atoms with E-state index in [4.69, 9.17) is 32.8 Å². The number of hydrogen-bond donors (Lipinski definition) is 1. The maximum absolute atomic E-state index is 11.0. The van der Waals surface area contributed by atoms with Crippen LogP contribution in [0.5, 0.6) is 0 Å². The van der Waals surface area contributed by atoms with Gasteiger partial charge in [0.05, 0.1) is 0 Å². The van der Waals surface area contributed by atoms with Gasteiger partial charge in [-0.25, -0.2) is 15.1 Å². The maximum atomic E-state index is 11.0. The van der Waals surface area contributed by atoms with Crippen molar-refractivity contribution in [1.29, 1.82) is 0 Å². The fraction of sp³-hybridized carbons (Fsp3) is 0.333. The fourth-order valence-electron chi connectivity index (χ4n) is 0.811. The molecule has 0 saturated heterocycles. The Bertz CT molecular complexity index is 382. The Morgan fingerprint density at radius 1 is 1.59 bits per heavy atom. The molecule has 0 aromatic rings. The smallest absolute Gasteiger partial charge is 0.333 e. The number of hydrazone groups is 1. The highest BCUT2D eigenvalue weighted by atomic mass is 35.5. The monoisotopic (exact) mass is 279 g/mol. The van der Waals surface area contributed by atoms with Crippen molar-refractivity contribution in [3.63, 3.8) is 0 Å². The highest BCUT2D eigenvalue weighted by Crippen LogP contribution is 2.08. The second-order valence-corrected chi connectivity index (χ2v) is 3.84. The van der Waals surface area contributed by atoms with Gasteiger partial charge in [-0.1, -0.05) is 35.1 Å². The van der Waals surface area contributed by atoms with Crippen molar-refractivity contribution in [2.75, 3.05) is 13.2 Å². The van der Waals surface area contributed by atoms with Crippen LogP contribution in [0.4, 0.5) is 0 Å². The van der Waals surface area contributed by atoms with E-state index >= 15 is 0 Å². The number of hydrazine groups is 1. The minimum Gasteiger partial charge on any atom is -0.460 e. The molecule has 0 fully saturated rings. The van der Waals surface area contributed by atoms with Gasteiger partial charge in [0, 0.05) is 11.6 Å². The van der Waals surface area contributed by atoms with Crippen LogP contribution in [0.15, 0.2) is 28.5 Å². The predicted octanol–water partition coefficient (Wildman–Crippen LogP) is 1.49. The van der Waals surface area contributed by atoms with Gasteiger partial charge in [0.2, 0.25) is 0 Å². The SMILES string of the molecule is C=C(C)C(=O)OCCON1N=C(Cl)C=C(Cl)N1. The Morgan fingerprint density at radius 3 is 2.88 bits per heavy atom. The molecule has 1 rings (SSSR count). The summed E-state index contributed by atoms with van der Waals surface area (Å²) in [5.41, 5.74) is 2.89. The van der Waals surface area contributed by atoms with Crippen molar-refractivity contribution >= 4 is 34.3 Å². The Labute approximate surface area is 108 Å². The molecular weight excluding hydrogens is 269 g/mol. The first-order valence-electron chi connectivity index (χ1n) is 4.62.